The lowest BCUT2D eigenvalue weighted by Gasteiger charge is -2.31. The average molecular weight is 402 g/mol. The Hall–Kier alpha value is -3.33. The van der Waals surface area contributed by atoms with Gasteiger partial charge in [-0.05, 0) is 30.7 Å². The molecule has 1 aliphatic carbocycles. The number of aromatic nitrogens is 1. The summed E-state index contributed by atoms with van der Waals surface area (Å²) in [5.74, 6) is -2.86. The molecule has 1 fully saturated rings. The third-order valence-corrected chi connectivity index (χ3v) is 4.27. The van der Waals surface area contributed by atoms with Crippen molar-refractivity contribution in [3.63, 3.8) is 0 Å². The van der Waals surface area contributed by atoms with E-state index in [4.69, 9.17) is 22.6 Å². The van der Waals surface area contributed by atoms with Crippen LogP contribution >= 0.6 is 0 Å². The van der Waals surface area contributed by atoms with Crippen molar-refractivity contribution in [1.29, 1.82) is 5.41 Å². The molecule has 1 amide bonds. The molecule has 0 unspecified atom stereocenters. The molecule has 0 saturated heterocycles. The molecule has 1 aliphatic rings. The molecular formula is C20H24F2N6O. The zero-order valence-corrected chi connectivity index (χ0v) is 16.0. The Bertz CT molecular complexity index is 906. The highest BCUT2D eigenvalue weighted by Gasteiger charge is 2.43. The molecule has 0 atom stereocenters. The number of nitrogens with one attached hydrogen (secondary N) is 2. The topological polar surface area (TPSA) is 144 Å². The molecule has 1 aromatic heterocycles. The predicted molar refractivity (Wildman–Crippen MR) is 109 cm³/mol. The number of amides is 1. The number of amidine groups is 1. The summed E-state index contributed by atoms with van der Waals surface area (Å²) in [5, 5.41) is 10.2. The molecule has 9 heteroatoms. The summed E-state index contributed by atoms with van der Waals surface area (Å²) in [6, 6.07) is 10.2. The minimum atomic E-state index is -2.43. The summed E-state index contributed by atoms with van der Waals surface area (Å²) in [7, 11) is 0. The largest absolute Gasteiger partial charge is 0.404 e. The van der Waals surface area contributed by atoms with Crippen LogP contribution in [0.3, 0.4) is 0 Å². The highest BCUT2D eigenvalue weighted by atomic mass is 19.3. The van der Waals surface area contributed by atoms with Crippen molar-refractivity contribution in [1.82, 2.24) is 4.98 Å². The molecule has 3 rings (SSSR count). The van der Waals surface area contributed by atoms with Crippen molar-refractivity contribution in [3.05, 3.63) is 65.6 Å². The van der Waals surface area contributed by atoms with E-state index in [2.05, 4.69) is 10.3 Å². The van der Waals surface area contributed by atoms with E-state index >= 15 is 0 Å². The monoisotopic (exact) mass is 402 g/mol. The first-order valence-corrected chi connectivity index (χ1v) is 8.86. The second-order valence-electron chi connectivity index (χ2n) is 6.72. The number of pyridine rings is 1. The van der Waals surface area contributed by atoms with Gasteiger partial charge in [0.15, 0.2) is 0 Å². The molecule has 0 radical (unpaired) electrons. The fourth-order valence-corrected chi connectivity index (χ4v) is 2.62. The zero-order valence-electron chi connectivity index (χ0n) is 16.0. The second kappa shape index (κ2) is 9.24. The van der Waals surface area contributed by atoms with Crippen molar-refractivity contribution in [2.45, 2.75) is 31.7 Å². The fourth-order valence-electron chi connectivity index (χ4n) is 2.62. The number of carbonyl (C=O) groups is 1. The van der Waals surface area contributed by atoms with Crippen molar-refractivity contribution >= 4 is 23.0 Å². The van der Waals surface area contributed by atoms with Crippen LogP contribution in [0.1, 0.15) is 29.7 Å². The summed E-state index contributed by atoms with van der Waals surface area (Å²) in [4.78, 5) is 16.5. The van der Waals surface area contributed by atoms with E-state index in [0.29, 0.717) is 16.9 Å². The standard InChI is InChI=1S/C16H17N5O.C4H7F2N/c1-10-5-6-11(15(18)19)8-14(10)21-16(22)12(9-17)13-4-2-3-7-20-13;5-4(6)1-3(7)2-4/h2-9H,17H2,1H3,(H3,18,19)(H,21,22);3H,1-2,7H2/b12-9+;. The van der Waals surface area contributed by atoms with Crippen LogP contribution in [-0.4, -0.2) is 28.7 Å². The number of hydrogen-bond donors (Lipinski definition) is 5. The van der Waals surface area contributed by atoms with Gasteiger partial charge in [-0.25, -0.2) is 8.78 Å². The first kappa shape index (κ1) is 22.0. The quantitative estimate of drug-likeness (QED) is 0.303. The number of nitrogens with zero attached hydrogens (tertiary/aromatic N) is 1. The Morgan fingerprint density at radius 1 is 1.31 bits per heavy atom. The van der Waals surface area contributed by atoms with Crippen LogP contribution in [0.2, 0.25) is 0 Å². The number of anilines is 1. The second-order valence-corrected chi connectivity index (χ2v) is 6.72. The normalized spacial score (nSPS) is 15.5. The molecule has 0 bridgehead atoms. The summed E-state index contributed by atoms with van der Waals surface area (Å²) >= 11 is 0. The Balaban J connectivity index is 0.000000360. The number of hydrogen-bond acceptors (Lipinski definition) is 5. The number of benzene rings is 1. The summed E-state index contributed by atoms with van der Waals surface area (Å²) in [5.41, 5.74) is 18.8. The van der Waals surface area contributed by atoms with E-state index in [0.717, 1.165) is 5.56 Å². The van der Waals surface area contributed by atoms with E-state index in [1.165, 1.54) is 6.20 Å². The lowest BCUT2D eigenvalue weighted by Crippen LogP contribution is -2.45. The molecule has 29 heavy (non-hydrogen) atoms. The molecule has 1 saturated carbocycles. The number of carbonyl (C=O) groups excluding carboxylic acids is 1. The van der Waals surface area contributed by atoms with Gasteiger partial charge < -0.3 is 22.5 Å². The first-order chi connectivity index (χ1) is 13.6. The summed E-state index contributed by atoms with van der Waals surface area (Å²) in [6.07, 6.45) is 2.58. The maximum Gasteiger partial charge on any atom is 0.259 e. The van der Waals surface area contributed by atoms with E-state index in [-0.39, 0.29) is 36.2 Å². The molecule has 0 spiro atoms. The average Bonchev–Trinajstić information content (AvgIpc) is 2.64. The fraction of sp³-hybridized carbons (Fsp3) is 0.250. The van der Waals surface area contributed by atoms with Crippen LogP contribution in [0.25, 0.3) is 5.57 Å². The van der Waals surface area contributed by atoms with Gasteiger partial charge in [-0.1, -0.05) is 18.2 Å². The van der Waals surface area contributed by atoms with E-state index in [9.17, 15) is 13.6 Å². The smallest absolute Gasteiger partial charge is 0.259 e. The maximum atomic E-state index is 12.4. The van der Waals surface area contributed by atoms with Crippen LogP contribution in [0, 0.1) is 12.3 Å². The van der Waals surface area contributed by atoms with Gasteiger partial charge in [0.1, 0.15) is 5.84 Å². The van der Waals surface area contributed by atoms with Gasteiger partial charge in [0.2, 0.25) is 0 Å². The summed E-state index contributed by atoms with van der Waals surface area (Å²) in [6.45, 7) is 1.85. The Morgan fingerprint density at radius 2 is 2.00 bits per heavy atom. The van der Waals surface area contributed by atoms with Gasteiger partial charge in [0.25, 0.3) is 11.8 Å². The molecule has 2 aromatic rings. The van der Waals surface area contributed by atoms with Crippen LogP contribution < -0.4 is 22.5 Å². The molecule has 7 nitrogen and oxygen atoms in total. The van der Waals surface area contributed by atoms with Gasteiger partial charge in [-0.15, -0.1) is 0 Å². The maximum absolute atomic E-state index is 12.4. The Kier molecular flexibility index (Phi) is 7.00. The summed E-state index contributed by atoms with van der Waals surface area (Å²) < 4.78 is 23.4. The van der Waals surface area contributed by atoms with Crippen molar-refractivity contribution in [2.24, 2.45) is 17.2 Å². The lowest BCUT2D eigenvalue weighted by atomic mass is 9.89. The number of nitrogen functional groups attached to an aromatic ring is 1. The highest BCUT2D eigenvalue weighted by molar-refractivity contribution is 6.24. The number of aryl methyl sites for hydroxylation is 1. The predicted octanol–water partition coefficient (Wildman–Crippen LogP) is 2.36. The SMILES string of the molecule is Cc1ccc(C(=N)N)cc1NC(=O)/C(=C/N)c1ccccn1.NC1CC(F)(F)C1. The number of alkyl halides is 2. The third kappa shape index (κ3) is 6.08. The van der Waals surface area contributed by atoms with E-state index in [1.54, 1.807) is 42.6 Å². The van der Waals surface area contributed by atoms with Crippen LogP contribution in [0.5, 0.6) is 0 Å². The van der Waals surface area contributed by atoms with Gasteiger partial charge in [0, 0.05) is 42.5 Å². The van der Waals surface area contributed by atoms with Gasteiger partial charge >= 0.3 is 0 Å². The number of halogens is 2. The number of nitrogens with two attached hydrogens (primary N) is 3. The van der Waals surface area contributed by atoms with Crippen molar-refractivity contribution < 1.29 is 13.6 Å². The Labute approximate surface area is 167 Å². The minimum Gasteiger partial charge on any atom is -0.404 e. The van der Waals surface area contributed by atoms with Crippen LogP contribution in [-0.2, 0) is 4.79 Å². The van der Waals surface area contributed by atoms with E-state index < -0.39 is 5.92 Å². The van der Waals surface area contributed by atoms with Crippen LogP contribution in [0.15, 0.2) is 48.8 Å². The highest BCUT2D eigenvalue weighted by Crippen LogP contribution is 2.35. The number of rotatable bonds is 4. The van der Waals surface area contributed by atoms with Crippen LogP contribution in [0.4, 0.5) is 14.5 Å². The first-order valence-electron chi connectivity index (χ1n) is 8.86. The molecule has 8 N–H and O–H groups in total. The van der Waals surface area contributed by atoms with E-state index in [1.807, 2.05) is 6.92 Å². The molecule has 1 heterocycles. The zero-order chi connectivity index (χ0) is 21.6. The Morgan fingerprint density at radius 3 is 2.45 bits per heavy atom. The molecule has 1 aromatic carbocycles. The van der Waals surface area contributed by atoms with Gasteiger partial charge in [-0.3, -0.25) is 15.2 Å². The van der Waals surface area contributed by atoms with Gasteiger partial charge in [0.05, 0.1) is 11.3 Å². The molecular weight excluding hydrogens is 378 g/mol. The van der Waals surface area contributed by atoms with Gasteiger partial charge in [-0.2, -0.15) is 0 Å². The third-order valence-electron chi connectivity index (χ3n) is 4.27. The lowest BCUT2D eigenvalue weighted by molar-refractivity contribution is -0.111. The van der Waals surface area contributed by atoms with Crippen molar-refractivity contribution in [3.8, 4) is 0 Å². The molecule has 154 valence electrons. The van der Waals surface area contributed by atoms with Crippen molar-refractivity contribution in [2.75, 3.05) is 5.32 Å². The molecule has 0 aliphatic heterocycles. The minimum absolute atomic E-state index is 0.0604.